The molecular formula is C30H35F3N6O6. The van der Waals surface area contributed by atoms with Gasteiger partial charge in [-0.05, 0) is 63.2 Å². The zero-order valence-electron chi connectivity index (χ0n) is 25.4. The molecule has 4 rings (SSSR count). The fraction of sp³-hybridized carbons (Fsp3) is 0.400. The minimum Gasteiger partial charge on any atom is -0.487 e. The molecule has 0 radical (unpaired) electrons. The summed E-state index contributed by atoms with van der Waals surface area (Å²) in [7, 11) is 1.51. The number of amides is 5. The first-order valence-electron chi connectivity index (χ1n) is 14.1. The van der Waals surface area contributed by atoms with Gasteiger partial charge in [0, 0.05) is 30.9 Å². The first kappa shape index (κ1) is 33.1. The summed E-state index contributed by atoms with van der Waals surface area (Å²) in [6.07, 6.45) is -5.13. The van der Waals surface area contributed by atoms with E-state index in [9.17, 15) is 32.7 Å². The Morgan fingerprint density at radius 2 is 1.78 bits per heavy atom. The van der Waals surface area contributed by atoms with Crippen LogP contribution in [0.4, 0.5) is 39.8 Å². The van der Waals surface area contributed by atoms with Gasteiger partial charge in [-0.1, -0.05) is 12.1 Å². The summed E-state index contributed by atoms with van der Waals surface area (Å²) in [5.74, 6) is -0.0905. The van der Waals surface area contributed by atoms with Crippen molar-refractivity contribution in [1.82, 2.24) is 15.0 Å². The van der Waals surface area contributed by atoms with Crippen LogP contribution in [0.15, 0.2) is 47.0 Å². The van der Waals surface area contributed by atoms with E-state index in [1.807, 2.05) is 6.92 Å². The number of likely N-dealkylation sites (N-methyl/N-ethyl adjacent to an activating group) is 1. The third-order valence-electron chi connectivity index (χ3n) is 7.46. The maximum atomic E-state index is 13.7. The van der Waals surface area contributed by atoms with Gasteiger partial charge in [0.15, 0.2) is 5.76 Å². The monoisotopic (exact) mass is 632 g/mol. The van der Waals surface area contributed by atoms with E-state index in [0.717, 1.165) is 12.1 Å². The number of aliphatic hydroxyl groups excluding tert-OH is 1. The van der Waals surface area contributed by atoms with Crippen LogP contribution < -0.4 is 20.7 Å². The molecule has 3 atom stereocenters. The van der Waals surface area contributed by atoms with E-state index in [-0.39, 0.29) is 42.6 Å². The molecule has 0 bridgehead atoms. The normalized spacial score (nSPS) is 17.4. The summed E-state index contributed by atoms with van der Waals surface area (Å²) in [4.78, 5) is 42.2. The van der Waals surface area contributed by atoms with Gasteiger partial charge in [0.2, 0.25) is 0 Å². The van der Waals surface area contributed by atoms with Crippen molar-refractivity contribution in [3.05, 3.63) is 65.0 Å². The molecule has 0 aliphatic carbocycles. The maximum Gasteiger partial charge on any atom is 0.416 e. The van der Waals surface area contributed by atoms with Crippen molar-refractivity contribution >= 4 is 35.0 Å². The van der Waals surface area contributed by atoms with Gasteiger partial charge in [-0.25, -0.2) is 9.59 Å². The van der Waals surface area contributed by atoms with Gasteiger partial charge in [-0.15, -0.1) is 0 Å². The first-order chi connectivity index (χ1) is 21.2. The van der Waals surface area contributed by atoms with Crippen LogP contribution in [0.5, 0.6) is 5.75 Å². The number of carbonyl (C=O) groups is 3. The first-order valence-corrected chi connectivity index (χ1v) is 14.1. The molecule has 12 nitrogen and oxygen atoms in total. The van der Waals surface area contributed by atoms with Crippen molar-refractivity contribution in [2.75, 3.05) is 42.7 Å². The van der Waals surface area contributed by atoms with Gasteiger partial charge < -0.3 is 40.1 Å². The topological polar surface area (TPSA) is 149 Å². The maximum absolute atomic E-state index is 13.7. The summed E-state index contributed by atoms with van der Waals surface area (Å²) in [5.41, 5.74) is 0.702. The van der Waals surface area contributed by atoms with E-state index in [2.05, 4.69) is 21.1 Å². The summed E-state index contributed by atoms with van der Waals surface area (Å²) in [5, 5.41) is 21.6. The molecule has 1 aromatic heterocycles. The Labute approximate surface area is 257 Å². The lowest BCUT2D eigenvalue weighted by Crippen LogP contribution is -2.50. The minimum atomic E-state index is -4.50. The molecule has 45 heavy (non-hydrogen) atoms. The van der Waals surface area contributed by atoms with Crippen molar-refractivity contribution in [2.45, 2.75) is 46.0 Å². The van der Waals surface area contributed by atoms with Crippen LogP contribution in [0.1, 0.15) is 41.2 Å². The molecule has 5 amide bonds. The number of benzene rings is 2. The average molecular weight is 633 g/mol. The van der Waals surface area contributed by atoms with Gasteiger partial charge in [-0.3, -0.25) is 4.79 Å². The lowest BCUT2D eigenvalue weighted by molar-refractivity contribution is -0.137. The van der Waals surface area contributed by atoms with Crippen molar-refractivity contribution in [1.29, 1.82) is 0 Å². The molecule has 1 aliphatic heterocycles. The minimum absolute atomic E-state index is 0.0580. The van der Waals surface area contributed by atoms with Crippen LogP contribution >= 0.6 is 0 Å². The Hall–Kier alpha value is -4.79. The second-order valence-electron chi connectivity index (χ2n) is 11.0. The van der Waals surface area contributed by atoms with Gasteiger partial charge in [0.25, 0.3) is 5.91 Å². The molecule has 2 heterocycles. The fourth-order valence-electron chi connectivity index (χ4n) is 4.77. The highest BCUT2D eigenvalue weighted by Gasteiger charge is 2.34. The highest BCUT2D eigenvalue weighted by molar-refractivity contribution is 6.03. The Morgan fingerprint density at radius 3 is 2.38 bits per heavy atom. The number of hydrogen-bond donors (Lipinski definition) is 4. The average Bonchev–Trinajstić information content (AvgIpc) is 3.30. The van der Waals surface area contributed by atoms with Crippen LogP contribution in [0.3, 0.4) is 0 Å². The number of halogens is 3. The summed E-state index contributed by atoms with van der Waals surface area (Å²) >= 11 is 0. The molecule has 3 aromatic rings. The highest BCUT2D eigenvalue weighted by atomic mass is 19.4. The van der Waals surface area contributed by atoms with E-state index in [1.54, 1.807) is 26.8 Å². The molecule has 0 unspecified atom stereocenters. The molecule has 0 fully saturated rings. The van der Waals surface area contributed by atoms with Crippen LogP contribution in [0, 0.1) is 19.8 Å². The quantitative estimate of drug-likeness (QED) is 0.275. The second-order valence-corrected chi connectivity index (χ2v) is 11.0. The van der Waals surface area contributed by atoms with E-state index >= 15 is 0 Å². The van der Waals surface area contributed by atoms with Crippen molar-refractivity contribution in [2.24, 2.45) is 5.92 Å². The zero-order chi connectivity index (χ0) is 33.1. The number of alkyl halides is 3. The van der Waals surface area contributed by atoms with E-state index < -0.39 is 41.9 Å². The third-order valence-corrected chi connectivity index (χ3v) is 7.46. The summed E-state index contributed by atoms with van der Waals surface area (Å²) < 4.78 is 50.0. The lowest BCUT2D eigenvalue weighted by atomic mass is 9.99. The molecular weight excluding hydrogens is 597 g/mol. The standard InChI is InChI=1S/C30H35F3N6O6/c1-16-13-39(17(2)15-40)27(41)23-12-22(34-28(42)36-26-18(3)37-45-19(26)4)10-11-24(23)44-25(16)14-38(5)29(43)35-21-8-6-20(7-9-21)30(31,32)33/h6-12,16-17,25,40H,13-15H2,1-5H3,(H,35,43)(H2,34,36,42)/t16-,17+,25-/m1/s1. The number of anilines is 3. The van der Waals surface area contributed by atoms with Crippen LogP contribution in [-0.4, -0.2) is 76.9 Å². The van der Waals surface area contributed by atoms with E-state index in [0.29, 0.717) is 22.8 Å². The molecule has 0 spiro atoms. The Bertz CT molecular complexity index is 1520. The third kappa shape index (κ3) is 7.84. The Kier molecular flexibility index (Phi) is 9.91. The zero-order valence-corrected chi connectivity index (χ0v) is 25.4. The Morgan fingerprint density at radius 1 is 1.11 bits per heavy atom. The molecule has 2 aromatic carbocycles. The summed E-state index contributed by atoms with van der Waals surface area (Å²) in [6.45, 7) is 6.82. The number of fused-ring (bicyclic) bond motifs is 1. The highest BCUT2D eigenvalue weighted by Crippen LogP contribution is 2.32. The van der Waals surface area contributed by atoms with Gasteiger partial charge in [-0.2, -0.15) is 13.2 Å². The number of aromatic nitrogens is 1. The van der Waals surface area contributed by atoms with E-state index in [4.69, 9.17) is 9.26 Å². The lowest BCUT2D eigenvalue weighted by Gasteiger charge is -2.38. The molecule has 1 aliphatic rings. The molecule has 15 heteroatoms. The number of carbonyl (C=O) groups excluding carboxylic acids is 3. The van der Waals surface area contributed by atoms with Crippen LogP contribution in [-0.2, 0) is 6.18 Å². The van der Waals surface area contributed by atoms with Gasteiger partial charge in [0.1, 0.15) is 23.2 Å². The molecule has 0 saturated heterocycles. The van der Waals surface area contributed by atoms with Crippen molar-refractivity contribution < 1.29 is 41.9 Å². The van der Waals surface area contributed by atoms with Gasteiger partial charge >= 0.3 is 18.2 Å². The van der Waals surface area contributed by atoms with Crippen molar-refractivity contribution in [3.8, 4) is 5.75 Å². The second kappa shape index (κ2) is 13.5. The summed E-state index contributed by atoms with van der Waals surface area (Å²) in [6, 6.07) is 6.94. The number of rotatable bonds is 7. The predicted octanol–water partition coefficient (Wildman–Crippen LogP) is 5.34. The fourth-order valence-corrected chi connectivity index (χ4v) is 4.77. The van der Waals surface area contributed by atoms with E-state index in [1.165, 1.54) is 41.1 Å². The smallest absolute Gasteiger partial charge is 0.416 e. The number of nitrogens with zero attached hydrogens (tertiary/aromatic N) is 3. The Balaban J connectivity index is 1.53. The molecule has 4 N–H and O–H groups in total. The van der Waals surface area contributed by atoms with Gasteiger partial charge in [0.05, 0.1) is 30.3 Å². The number of hydrogen-bond acceptors (Lipinski definition) is 7. The largest absolute Gasteiger partial charge is 0.487 e. The SMILES string of the molecule is Cc1noc(C)c1NC(=O)Nc1ccc2c(c1)C(=O)N([C@@H](C)CO)C[C@@H](C)[C@@H](CN(C)C(=O)Nc1ccc(C(F)(F)F)cc1)O2. The molecule has 242 valence electrons. The predicted molar refractivity (Wildman–Crippen MR) is 159 cm³/mol. The molecule has 0 saturated carbocycles. The number of aliphatic hydroxyl groups is 1. The number of ether oxygens (including phenoxy) is 1. The van der Waals surface area contributed by atoms with Crippen LogP contribution in [0.25, 0.3) is 0 Å². The van der Waals surface area contributed by atoms with Crippen molar-refractivity contribution in [3.63, 3.8) is 0 Å². The number of aryl methyl sites for hydroxylation is 2. The van der Waals surface area contributed by atoms with Crippen LogP contribution in [0.2, 0.25) is 0 Å². The number of nitrogens with one attached hydrogen (secondary N) is 3. The number of urea groups is 2.